The Kier molecular flexibility index (Phi) is 4.85. The van der Waals surface area contributed by atoms with Gasteiger partial charge in [0.05, 0.1) is 0 Å². The molecule has 2 aliphatic heterocycles. The van der Waals surface area contributed by atoms with Crippen LogP contribution in [0.25, 0.3) is 0 Å². The van der Waals surface area contributed by atoms with Crippen LogP contribution in [0.5, 0.6) is 0 Å². The molecule has 0 aliphatic carbocycles. The van der Waals surface area contributed by atoms with Gasteiger partial charge in [-0.15, -0.1) is 0 Å². The summed E-state index contributed by atoms with van der Waals surface area (Å²) in [5.74, 6) is 0.500. The molecule has 0 radical (unpaired) electrons. The van der Waals surface area contributed by atoms with Gasteiger partial charge in [0.15, 0.2) is 0 Å². The molecule has 0 bridgehead atoms. The second kappa shape index (κ2) is 5.82. The summed E-state index contributed by atoms with van der Waals surface area (Å²) in [6.45, 7) is 0. The molecule has 0 aromatic rings. The molecule has 2 saturated heterocycles. The van der Waals surface area contributed by atoms with Gasteiger partial charge in [-0.25, -0.2) is 0 Å². The Morgan fingerprint density at radius 3 is 1.06 bits per heavy atom. The van der Waals surface area contributed by atoms with Crippen LogP contribution in [0.15, 0.2) is 0 Å². The number of hydrogen-bond donors (Lipinski definition) is 0. The molecule has 0 atom stereocenters. The van der Waals surface area contributed by atoms with E-state index < -0.39 is 16.1 Å². The van der Waals surface area contributed by atoms with Crippen molar-refractivity contribution in [3.05, 3.63) is 0 Å². The SMILES string of the molecule is O=[C]1CSSC[C](=O)[Pt]12[C](=O)CSSC[C]2=O. The van der Waals surface area contributed by atoms with Crippen LogP contribution in [0.1, 0.15) is 0 Å². The van der Waals surface area contributed by atoms with Gasteiger partial charge < -0.3 is 0 Å². The Bertz CT molecular complexity index is 333. The third-order valence-electron chi connectivity index (χ3n) is 1.88. The molecule has 9 heteroatoms. The fourth-order valence-electron chi connectivity index (χ4n) is 1.20. The van der Waals surface area contributed by atoms with Gasteiger partial charge in [-0.05, 0) is 0 Å². The average molecular weight is 491 g/mol. The van der Waals surface area contributed by atoms with Crippen molar-refractivity contribution in [2.45, 2.75) is 0 Å². The number of carbonyl (C=O) groups is 4. The van der Waals surface area contributed by atoms with Gasteiger partial charge in [-0.3, -0.25) is 0 Å². The number of rotatable bonds is 0. The minimum atomic E-state index is -4.25. The van der Waals surface area contributed by atoms with Gasteiger partial charge in [-0.1, -0.05) is 0 Å². The molecule has 0 N–H and O–H groups in total. The maximum absolute atomic E-state index is 12.1. The van der Waals surface area contributed by atoms with Crippen LogP contribution in [0, 0.1) is 0 Å². The second-order valence-corrected chi connectivity index (χ2v) is 16.2. The molecule has 0 aromatic carbocycles. The van der Waals surface area contributed by atoms with Crippen molar-refractivity contribution >= 4 is 59.9 Å². The molecule has 1 spiro atoms. The molecule has 2 fully saturated rings. The normalized spacial score (nSPS) is 27.8. The Morgan fingerprint density at radius 1 is 0.588 bits per heavy atom. The molecular weight excluding hydrogens is 483 g/mol. The molecule has 4 nitrogen and oxygen atoms in total. The molecule has 17 heavy (non-hydrogen) atoms. The Morgan fingerprint density at radius 2 is 0.824 bits per heavy atom. The fraction of sp³-hybridized carbons (Fsp3) is 0.500. The molecule has 0 unspecified atom stereocenters. The van der Waals surface area contributed by atoms with E-state index in [1.54, 1.807) is 0 Å². The summed E-state index contributed by atoms with van der Waals surface area (Å²) in [6, 6.07) is 0. The van der Waals surface area contributed by atoms with Crippen molar-refractivity contribution in [2.75, 3.05) is 23.0 Å². The first-order valence-electron chi connectivity index (χ1n) is 4.35. The predicted octanol–water partition coefficient (Wildman–Crippen LogP) is 1.04. The zero-order valence-corrected chi connectivity index (χ0v) is 13.9. The van der Waals surface area contributed by atoms with Gasteiger partial charge in [-0.2, -0.15) is 0 Å². The first-order chi connectivity index (χ1) is 8.10. The average Bonchev–Trinajstić information content (AvgIpc) is 2.53. The van der Waals surface area contributed by atoms with Gasteiger partial charge >= 0.3 is 118 Å². The summed E-state index contributed by atoms with van der Waals surface area (Å²) in [5, 5.41) is 0. The molecule has 0 amide bonds. The van der Waals surface area contributed by atoms with E-state index >= 15 is 0 Å². The topological polar surface area (TPSA) is 68.3 Å². The van der Waals surface area contributed by atoms with E-state index in [0.29, 0.717) is 0 Å². The van der Waals surface area contributed by atoms with Crippen molar-refractivity contribution in [3.8, 4) is 0 Å². The zero-order valence-electron chi connectivity index (χ0n) is 8.41. The van der Waals surface area contributed by atoms with Crippen LogP contribution in [0.4, 0.5) is 0 Å². The first-order valence-corrected chi connectivity index (χ1v) is 13.9. The van der Waals surface area contributed by atoms with Crippen LogP contribution in [-0.4, -0.2) is 39.7 Å². The summed E-state index contributed by atoms with van der Waals surface area (Å²) < 4.78 is -1.41. The van der Waals surface area contributed by atoms with Crippen molar-refractivity contribution < 1.29 is 35.2 Å². The van der Waals surface area contributed by atoms with Crippen molar-refractivity contribution in [1.82, 2.24) is 0 Å². The van der Waals surface area contributed by atoms with Gasteiger partial charge in [0.25, 0.3) is 0 Å². The standard InChI is InChI=1S/2C4H4O2S2.Pt/c2*5-1-3-7-8-4-2-6;/h2*3-4H2;. The number of hydrogen-bond acceptors (Lipinski definition) is 8. The summed E-state index contributed by atoms with van der Waals surface area (Å²) >= 11 is -4.25. The molecule has 0 aromatic heterocycles. The van der Waals surface area contributed by atoms with Gasteiger partial charge in [0, 0.05) is 0 Å². The summed E-state index contributed by atoms with van der Waals surface area (Å²) in [5.41, 5.74) is 0. The Hall–Kier alpha value is 0.768. The van der Waals surface area contributed by atoms with E-state index in [1.165, 1.54) is 43.2 Å². The van der Waals surface area contributed by atoms with E-state index in [1.807, 2.05) is 0 Å². The van der Waals surface area contributed by atoms with Crippen molar-refractivity contribution in [3.63, 3.8) is 0 Å². The van der Waals surface area contributed by atoms with E-state index in [4.69, 9.17) is 0 Å². The van der Waals surface area contributed by atoms with Crippen LogP contribution >= 0.6 is 43.2 Å². The van der Waals surface area contributed by atoms with Crippen LogP contribution in [0.2, 0.25) is 0 Å². The van der Waals surface area contributed by atoms with E-state index in [-0.39, 0.29) is 39.7 Å². The Labute approximate surface area is 117 Å². The van der Waals surface area contributed by atoms with Crippen LogP contribution in [0.3, 0.4) is 0 Å². The van der Waals surface area contributed by atoms with Crippen molar-refractivity contribution in [2.24, 2.45) is 0 Å². The number of carbonyl (C=O) groups excluding carboxylic acids is 4. The second-order valence-electron chi connectivity index (χ2n) is 2.81. The molecule has 2 rings (SSSR count). The molecule has 2 aliphatic rings. The fourth-order valence-corrected chi connectivity index (χ4v) is 19.4. The Balaban J connectivity index is 2.52. The molecular formula is C8H8O4PtS4. The summed E-state index contributed by atoms with van der Waals surface area (Å²) in [6.07, 6.45) is 0. The monoisotopic (exact) mass is 491 g/mol. The minimum absolute atomic E-state index is 0.125. The summed E-state index contributed by atoms with van der Waals surface area (Å²) in [7, 11) is 5.12. The molecule has 0 saturated carbocycles. The van der Waals surface area contributed by atoms with E-state index in [2.05, 4.69) is 0 Å². The third-order valence-corrected chi connectivity index (χ3v) is 17.5. The molecule has 98 valence electrons. The van der Waals surface area contributed by atoms with Crippen molar-refractivity contribution in [1.29, 1.82) is 0 Å². The molecule has 2 heterocycles. The van der Waals surface area contributed by atoms with Crippen LogP contribution < -0.4 is 0 Å². The zero-order chi connectivity index (χ0) is 12.5. The van der Waals surface area contributed by atoms with E-state index in [9.17, 15) is 19.2 Å². The van der Waals surface area contributed by atoms with E-state index in [0.717, 1.165) is 0 Å². The summed E-state index contributed by atoms with van der Waals surface area (Å²) in [4.78, 5) is 48.6. The van der Waals surface area contributed by atoms with Gasteiger partial charge in [0.1, 0.15) is 0 Å². The maximum atomic E-state index is 12.1. The predicted molar refractivity (Wildman–Crippen MR) is 69.9 cm³/mol. The quantitative estimate of drug-likeness (QED) is 0.466. The third kappa shape index (κ3) is 2.43. The van der Waals surface area contributed by atoms with Gasteiger partial charge in [0.2, 0.25) is 0 Å². The first kappa shape index (κ1) is 14.2. The van der Waals surface area contributed by atoms with Crippen LogP contribution in [-0.2, 0) is 35.2 Å².